The Morgan fingerprint density at radius 3 is 2.60 bits per heavy atom. The Hall–Kier alpha value is -3.00. The smallest absolute Gasteiger partial charge is 0.260 e. The second-order valence-electron chi connectivity index (χ2n) is 5.46. The number of anilines is 1. The molecular formula is C17H14BrN3O4. The van der Waals surface area contributed by atoms with Crippen LogP contribution in [0.2, 0.25) is 0 Å². The van der Waals surface area contributed by atoms with Crippen LogP contribution in [0, 0.1) is 0 Å². The molecule has 7 nitrogen and oxygen atoms in total. The van der Waals surface area contributed by atoms with Gasteiger partial charge in [-0.25, -0.2) is 0 Å². The standard InChI is InChI=1S/C17H14BrN3O4/c18-9-1-2-10-11(5-9)12(17(25)21-16(10)24)7-20-6-8-3-13(19)15(23)14(22)4-8/h1-5,7,20,22-23H,6,19H2,(H,21,24,25). The number of amides is 2. The molecule has 0 saturated heterocycles. The molecule has 0 aromatic heterocycles. The number of phenols is 2. The van der Waals surface area contributed by atoms with E-state index in [1.807, 2.05) is 0 Å². The van der Waals surface area contributed by atoms with E-state index in [2.05, 4.69) is 26.6 Å². The van der Waals surface area contributed by atoms with Crippen molar-refractivity contribution in [3.63, 3.8) is 0 Å². The summed E-state index contributed by atoms with van der Waals surface area (Å²) < 4.78 is 0.746. The monoisotopic (exact) mass is 403 g/mol. The fourth-order valence-corrected chi connectivity index (χ4v) is 2.88. The number of aromatic hydroxyl groups is 2. The molecule has 6 N–H and O–H groups in total. The summed E-state index contributed by atoms with van der Waals surface area (Å²) in [6.07, 6.45) is 1.49. The van der Waals surface area contributed by atoms with Crippen LogP contribution in [0.15, 0.2) is 41.0 Å². The molecule has 2 amide bonds. The Bertz CT molecular complexity index is 901. The van der Waals surface area contributed by atoms with Crippen LogP contribution in [0.3, 0.4) is 0 Å². The summed E-state index contributed by atoms with van der Waals surface area (Å²) in [5, 5.41) is 24.3. The minimum Gasteiger partial charge on any atom is -0.504 e. The Balaban J connectivity index is 1.87. The number of nitrogens with one attached hydrogen (secondary N) is 2. The number of nitrogens with two attached hydrogens (primary N) is 1. The summed E-state index contributed by atoms with van der Waals surface area (Å²) in [5.74, 6) is -1.64. The van der Waals surface area contributed by atoms with E-state index in [1.54, 1.807) is 18.2 Å². The molecule has 0 aliphatic carbocycles. The Morgan fingerprint density at radius 2 is 1.88 bits per heavy atom. The number of carbonyl (C=O) groups is 2. The van der Waals surface area contributed by atoms with Gasteiger partial charge in [-0.15, -0.1) is 0 Å². The first kappa shape index (κ1) is 16.8. The van der Waals surface area contributed by atoms with E-state index >= 15 is 0 Å². The van der Waals surface area contributed by atoms with Crippen molar-refractivity contribution in [3.05, 3.63) is 57.7 Å². The SMILES string of the molecule is Nc1cc(CNC=C2C(=O)NC(=O)c3ccc(Br)cc32)cc(O)c1O. The second-order valence-corrected chi connectivity index (χ2v) is 6.38. The lowest BCUT2D eigenvalue weighted by atomic mass is 9.95. The number of rotatable bonds is 3. The van der Waals surface area contributed by atoms with Gasteiger partial charge in [0.15, 0.2) is 11.5 Å². The maximum absolute atomic E-state index is 12.1. The predicted molar refractivity (Wildman–Crippen MR) is 95.6 cm³/mol. The molecule has 0 spiro atoms. The largest absolute Gasteiger partial charge is 0.504 e. The van der Waals surface area contributed by atoms with Gasteiger partial charge in [0.25, 0.3) is 11.8 Å². The van der Waals surface area contributed by atoms with Crippen molar-refractivity contribution >= 4 is 39.0 Å². The molecule has 128 valence electrons. The average molecular weight is 404 g/mol. The molecule has 1 heterocycles. The zero-order chi connectivity index (χ0) is 18.1. The van der Waals surface area contributed by atoms with Crippen LogP contribution in [0.5, 0.6) is 11.5 Å². The molecular weight excluding hydrogens is 390 g/mol. The molecule has 0 bridgehead atoms. The van der Waals surface area contributed by atoms with E-state index in [9.17, 15) is 19.8 Å². The van der Waals surface area contributed by atoms with Crippen LogP contribution in [0.1, 0.15) is 21.5 Å². The average Bonchev–Trinajstić information content (AvgIpc) is 2.55. The van der Waals surface area contributed by atoms with Crippen molar-refractivity contribution in [1.29, 1.82) is 0 Å². The van der Waals surface area contributed by atoms with Crippen molar-refractivity contribution in [2.24, 2.45) is 0 Å². The summed E-state index contributed by atoms with van der Waals surface area (Å²) >= 11 is 3.33. The number of fused-ring (bicyclic) bond motifs is 1. The first-order valence-corrected chi connectivity index (χ1v) is 8.05. The topological polar surface area (TPSA) is 125 Å². The molecule has 3 rings (SSSR count). The molecule has 25 heavy (non-hydrogen) atoms. The van der Waals surface area contributed by atoms with Gasteiger partial charge in [-0.05, 0) is 35.9 Å². The van der Waals surface area contributed by atoms with Gasteiger partial charge in [0.2, 0.25) is 0 Å². The molecule has 8 heteroatoms. The quantitative estimate of drug-likeness (QED) is 0.230. The maximum atomic E-state index is 12.1. The number of imide groups is 1. The Labute approximate surface area is 151 Å². The Morgan fingerprint density at radius 1 is 1.12 bits per heavy atom. The summed E-state index contributed by atoms with van der Waals surface area (Å²) in [5.41, 5.74) is 7.50. The number of carbonyl (C=O) groups excluding carboxylic acids is 2. The van der Waals surface area contributed by atoms with Crippen LogP contribution in [-0.4, -0.2) is 22.0 Å². The molecule has 0 fully saturated rings. The van der Waals surface area contributed by atoms with Gasteiger partial charge in [0.05, 0.1) is 11.3 Å². The van der Waals surface area contributed by atoms with E-state index in [0.29, 0.717) is 22.3 Å². The molecule has 2 aromatic carbocycles. The number of phenolic OH excluding ortho intramolecular Hbond substituents is 2. The summed E-state index contributed by atoms with van der Waals surface area (Å²) in [4.78, 5) is 24.0. The normalized spacial score (nSPS) is 15.0. The van der Waals surface area contributed by atoms with Gasteiger partial charge in [-0.2, -0.15) is 0 Å². The highest BCUT2D eigenvalue weighted by molar-refractivity contribution is 9.10. The van der Waals surface area contributed by atoms with E-state index in [0.717, 1.165) is 4.47 Å². The summed E-state index contributed by atoms with van der Waals surface area (Å²) in [6.45, 7) is 0.256. The minimum atomic E-state index is -0.504. The number of hydrogen-bond acceptors (Lipinski definition) is 6. The molecule has 1 aliphatic rings. The molecule has 0 atom stereocenters. The molecule has 2 aromatic rings. The zero-order valence-corrected chi connectivity index (χ0v) is 14.4. The van der Waals surface area contributed by atoms with Gasteiger partial charge in [-0.3, -0.25) is 14.9 Å². The van der Waals surface area contributed by atoms with E-state index in [1.165, 1.54) is 18.3 Å². The maximum Gasteiger partial charge on any atom is 0.260 e. The summed E-state index contributed by atoms with van der Waals surface area (Å²) in [7, 11) is 0. The molecule has 1 aliphatic heterocycles. The van der Waals surface area contributed by atoms with Crippen molar-refractivity contribution < 1.29 is 19.8 Å². The van der Waals surface area contributed by atoms with E-state index in [-0.39, 0.29) is 23.7 Å². The van der Waals surface area contributed by atoms with Gasteiger partial charge in [0, 0.05) is 28.3 Å². The third kappa shape index (κ3) is 3.29. The number of halogens is 1. The van der Waals surface area contributed by atoms with Gasteiger partial charge in [-0.1, -0.05) is 15.9 Å². The lowest BCUT2D eigenvalue weighted by Crippen LogP contribution is -2.37. The highest BCUT2D eigenvalue weighted by Gasteiger charge is 2.27. The number of benzene rings is 2. The first-order chi connectivity index (χ1) is 11.9. The predicted octanol–water partition coefficient (Wildman–Crippen LogP) is 1.84. The van der Waals surface area contributed by atoms with Crippen molar-refractivity contribution in [3.8, 4) is 11.5 Å². The third-order valence-electron chi connectivity index (χ3n) is 3.72. The number of nitrogen functional groups attached to an aromatic ring is 1. The number of hydrogen-bond donors (Lipinski definition) is 5. The van der Waals surface area contributed by atoms with Crippen LogP contribution < -0.4 is 16.4 Å². The van der Waals surface area contributed by atoms with Crippen LogP contribution in [0.25, 0.3) is 5.57 Å². The van der Waals surface area contributed by atoms with Crippen molar-refractivity contribution in [2.45, 2.75) is 6.54 Å². The van der Waals surface area contributed by atoms with E-state index < -0.39 is 11.8 Å². The lowest BCUT2D eigenvalue weighted by molar-refractivity contribution is -0.114. The molecule has 0 unspecified atom stereocenters. The van der Waals surface area contributed by atoms with Crippen molar-refractivity contribution in [2.75, 3.05) is 5.73 Å². The highest BCUT2D eigenvalue weighted by atomic mass is 79.9. The van der Waals surface area contributed by atoms with Crippen LogP contribution in [0.4, 0.5) is 5.69 Å². The van der Waals surface area contributed by atoms with Crippen molar-refractivity contribution in [1.82, 2.24) is 10.6 Å². The lowest BCUT2D eigenvalue weighted by Gasteiger charge is -2.18. The van der Waals surface area contributed by atoms with E-state index in [4.69, 9.17) is 5.73 Å². The van der Waals surface area contributed by atoms with Gasteiger partial charge in [0.1, 0.15) is 0 Å². The molecule has 0 saturated carbocycles. The Kier molecular flexibility index (Phi) is 4.37. The zero-order valence-electron chi connectivity index (χ0n) is 12.8. The fraction of sp³-hybridized carbons (Fsp3) is 0.0588. The second kappa shape index (κ2) is 6.48. The third-order valence-corrected chi connectivity index (χ3v) is 4.21. The fourth-order valence-electron chi connectivity index (χ4n) is 2.52. The summed E-state index contributed by atoms with van der Waals surface area (Å²) in [6, 6.07) is 7.93. The molecule has 0 radical (unpaired) electrons. The minimum absolute atomic E-state index is 0.0553. The van der Waals surface area contributed by atoms with Crippen LogP contribution >= 0.6 is 15.9 Å². The van der Waals surface area contributed by atoms with Gasteiger partial charge >= 0.3 is 0 Å². The first-order valence-electron chi connectivity index (χ1n) is 7.26. The highest BCUT2D eigenvalue weighted by Crippen LogP contribution is 2.32. The van der Waals surface area contributed by atoms with Crippen LogP contribution in [-0.2, 0) is 11.3 Å². The van der Waals surface area contributed by atoms with Gasteiger partial charge < -0.3 is 21.3 Å².